The number of aromatic nitrogens is 1. The van der Waals surface area contributed by atoms with Crippen molar-refractivity contribution in [2.45, 2.75) is 6.92 Å². The number of allylic oxidation sites excluding steroid dienone is 1. The molecule has 0 aliphatic heterocycles. The van der Waals surface area contributed by atoms with Gasteiger partial charge in [0.1, 0.15) is 12.3 Å². The van der Waals surface area contributed by atoms with Gasteiger partial charge in [-0.2, -0.15) is 0 Å². The second-order valence-electron chi connectivity index (χ2n) is 4.19. The summed E-state index contributed by atoms with van der Waals surface area (Å²) in [6, 6.07) is 3.03. The Labute approximate surface area is 142 Å². The van der Waals surface area contributed by atoms with Crippen LogP contribution >= 0.6 is 0 Å². The van der Waals surface area contributed by atoms with Gasteiger partial charge in [-0.05, 0) is 24.6 Å². The molecule has 130 valence electrons. The molecule has 1 aromatic heterocycles. The highest BCUT2D eigenvalue weighted by Gasteiger charge is 2.13. The van der Waals surface area contributed by atoms with Crippen LogP contribution in [-0.2, 0) is 9.57 Å². The summed E-state index contributed by atoms with van der Waals surface area (Å²) in [6.07, 6.45) is 4.16. The van der Waals surface area contributed by atoms with E-state index in [2.05, 4.69) is 30.0 Å². The van der Waals surface area contributed by atoms with Crippen molar-refractivity contribution in [1.29, 1.82) is 0 Å². The smallest absolute Gasteiger partial charge is 0.412 e. The molecule has 24 heavy (non-hydrogen) atoms. The Morgan fingerprint density at radius 1 is 1.38 bits per heavy atom. The van der Waals surface area contributed by atoms with Crippen molar-refractivity contribution in [3.8, 4) is 0 Å². The van der Waals surface area contributed by atoms with Crippen LogP contribution in [0, 0.1) is 0 Å². The Balaban J connectivity index is 0.00000254. The lowest BCUT2D eigenvalue weighted by atomic mass is 10.3. The average Bonchev–Trinajstić information content (AvgIpc) is 2.63. The number of amides is 2. The molecule has 0 spiro atoms. The lowest BCUT2D eigenvalue weighted by molar-refractivity contribution is -0.0760. The molecule has 0 saturated heterocycles. The lowest BCUT2D eigenvalue weighted by Gasteiger charge is -2.13. The van der Waals surface area contributed by atoms with Crippen LogP contribution in [0.4, 0.5) is 10.5 Å². The SMILES string of the molecule is C=C.C=C/C(=C\C)COC(=O)Nc1ccc(C(=O)N(C)OC)nc1. The predicted octanol–water partition coefficient (Wildman–Crippen LogP) is 3.20. The van der Waals surface area contributed by atoms with Crippen LogP contribution in [0.3, 0.4) is 0 Å². The van der Waals surface area contributed by atoms with Crippen LogP contribution in [0.1, 0.15) is 17.4 Å². The molecule has 0 fully saturated rings. The molecule has 1 heterocycles. The zero-order valence-electron chi connectivity index (χ0n) is 14.2. The molecule has 0 aromatic carbocycles. The molecule has 0 saturated carbocycles. The van der Waals surface area contributed by atoms with Gasteiger partial charge in [-0.3, -0.25) is 14.9 Å². The standard InChI is InChI=1S/C15H19N3O4.C2H4/c1-5-11(6-2)10-22-15(20)17-12-7-8-13(16-9-12)14(19)18(3)21-4;1-2/h5-9H,1,10H2,2-4H3,(H,17,20);1-2H2/b11-6+;. The highest BCUT2D eigenvalue weighted by Crippen LogP contribution is 2.09. The van der Waals surface area contributed by atoms with E-state index >= 15 is 0 Å². The average molecular weight is 333 g/mol. The Hall–Kier alpha value is -2.93. The monoisotopic (exact) mass is 333 g/mol. The molecule has 0 aliphatic carbocycles. The van der Waals surface area contributed by atoms with E-state index < -0.39 is 6.09 Å². The van der Waals surface area contributed by atoms with Gasteiger partial charge >= 0.3 is 6.09 Å². The lowest BCUT2D eigenvalue weighted by Crippen LogP contribution is -2.26. The molecule has 7 nitrogen and oxygen atoms in total. The number of anilines is 1. The van der Waals surface area contributed by atoms with Crippen molar-refractivity contribution in [3.63, 3.8) is 0 Å². The van der Waals surface area contributed by atoms with E-state index in [1.807, 2.05) is 6.92 Å². The van der Waals surface area contributed by atoms with Crippen molar-refractivity contribution in [3.05, 3.63) is 61.5 Å². The second-order valence-corrected chi connectivity index (χ2v) is 4.19. The third-order valence-corrected chi connectivity index (χ3v) is 2.79. The molecular formula is C17H23N3O4. The van der Waals surface area contributed by atoms with Crippen molar-refractivity contribution in [1.82, 2.24) is 10.0 Å². The number of nitrogens with zero attached hydrogens (tertiary/aromatic N) is 2. The summed E-state index contributed by atoms with van der Waals surface area (Å²) < 4.78 is 5.01. The summed E-state index contributed by atoms with van der Waals surface area (Å²) in [5.74, 6) is -0.389. The highest BCUT2D eigenvalue weighted by molar-refractivity contribution is 5.92. The van der Waals surface area contributed by atoms with E-state index in [4.69, 9.17) is 9.57 Å². The molecule has 1 N–H and O–H groups in total. The minimum atomic E-state index is -0.615. The fourth-order valence-electron chi connectivity index (χ4n) is 1.40. The quantitative estimate of drug-likeness (QED) is 0.491. The highest BCUT2D eigenvalue weighted by atomic mass is 16.7. The molecule has 0 atom stereocenters. The molecule has 0 aliphatic rings. The summed E-state index contributed by atoms with van der Waals surface area (Å²) in [6.45, 7) is 11.6. The van der Waals surface area contributed by atoms with Crippen LogP contribution in [0.5, 0.6) is 0 Å². The van der Waals surface area contributed by atoms with Crippen LogP contribution in [0.2, 0.25) is 0 Å². The predicted molar refractivity (Wildman–Crippen MR) is 93.5 cm³/mol. The van der Waals surface area contributed by atoms with E-state index in [1.165, 1.54) is 26.4 Å². The molecular weight excluding hydrogens is 310 g/mol. The van der Waals surface area contributed by atoms with Crippen LogP contribution in [0.15, 0.2) is 55.8 Å². The summed E-state index contributed by atoms with van der Waals surface area (Å²) in [5.41, 5.74) is 1.42. The number of pyridine rings is 1. The molecule has 7 heteroatoms. The molecule has 2 amide bonds. The first kappa shape index (κ1) is 21.1. The van der Waals surface area contributed by atoms with E-state index in [0.29, 0.717) is 5.69 Å². The summed E-state index contributed by atoms with van der Waals surface area (Å²) in [7, 11) is 2.86. The molecule has 1 aromatic rings. The summed E-state index contributed by atoms with van der Waals surface area (Å²) >= 11 is 0. The van der Waals surface area contributed by atoms with Crippen LogP contribution in [-0.4, -0.2) is 42.8 Å². The van der Waals surface area contributed by atoms with Gasteiger partial charge in [0.2, 0.25) is 0 Å². The van der Waals surface area contributed by atoms with Gasteiger partial charge in [-0.15, -0.1) is 13.2 Å². The number of carbonyl (C=O) groups excluding carboxylic acids is 2. The number of hydroxylamine groups is 2. The fraction of sp³-hybridized carbons (Fsp3) is 0.235. The Morgan fingerprint density at radius 3 is 2.50 bits per heavy atom. The van der Waals surface area contributed by atoms with E-state index in [9.17, 15) is 9.59 Å². The largest absolute Gasteiger partial charge is 0.444 e. The van der Waals surface area contributed by atoms with E-state index in [0.717, 1.165) is 10.6 Å². The van der Waals surface area contributed by atoms with Gasteiger partial charge in [0.15, 0.2) is 0 Å². The number of ether oxygens (including phenoxy) is 1. The van der Waals surface area contributed by atoms with E-state index in [-0.39, 0.29) is 18.2 Å². The van der Waals surface area contributed by atoms with Gasteiger partial charge < -0.3 is 4.74 Å². The Kier molecular flexibility index (Phi) is 10.2. The minimum absolute atomic E-state index is 0.133. The number of hydrogen-bond acceptors (Lipinski definition) is 5. The van der Waals surface area contributed by atoms with Gasteiger partial charge in [0.25, 0.3) is 5.91 Å². The minimum Gasteiger partial charge on any atom is -0.444 e. The van der Waals surface area contributed by atoms with Gasteiger partial charge in [-0.1, -0.05) is 18.7 Å². The zero-order valence-corrected chi connectivity index (χ0v) is 14.2. The van der Waals surface area contributed by atoms with Crippen molar-refractivity contribution >= 4 is 17.7 Å². The maximum Gasteiger partial charge on any atom is 0.412 e. The zero-order chi connectivity index (χ0) is 18.5. The first-order chi connectivity index (χ1) is 11.5. The second kappa shape index (κ2) is 11.6. The van der Waals surface area contributed by atoms with Gasteiger partial charge in [0.05, 0.1) is 19.0 Å². The Morgan fingerprint density at radius 2 is 2.04 bits per heavy atom. The molecule has 0 radical (unpaired) electrons. The van der Waals surface area contributed by atoms with E-state index in [1.54, 1.807) is 18.2 Å². The number of hydrogen-bond donors (Lipinski definition) is 1. The summed E-state index contributed by atoms with van der Waals surface area (Å²) in [4.78, 5) is 32.1. The van der Waals surface area contributed by atoms with Crippen molar-refractivity contribution in [2.75, 3.05) is 26.1 Å². The van der Waals surface area contributed by atoms with Gasteiger partial charge in [0, 0.05) is 7.05 Å². The Bertz CT molecular complexity index is 582. The fourth-order valence-corrected chi connectivity index (χ4v) is 1.40. The molecule has 1 rings (SSSR count). The number of rotatable bonds is 6. The third kappa shape index (κ3) is 6.89. The van der Waals surface area contributed by atoms with Crippen molar-refractivity contribution in [2.24, 2.45) is 0 Å². The number of carbonyl (C=O) groups is 2. The molecule has 0 unspecified atom stereocenters. The number of nitrogens with one attached hydrogen (secondary N) is 1. The first-order valence-electron chi connectivity index (χ1n) is 7.01. The summed E-state index contributed by atoms with van der Waals surface area (Å²) in [5, 5.41) is 3.57. The van der Waals surface area contributed by atoms with Crippen molar-refractivity contribution < 1.29 is 19.2 Å². The normalized spacial score (nSPS) is 10.0. The van der Waals surface area contributed by atoms with Crippen LogP contribution in [0.25, 0.3) is 0 Å². The third-order valence-electron chi connectivity index (χ3n) is 2.79. The molecule has 0 bridgehead atoms. The maximum atomic E-state index is 11.8. The van der Waals surface area contributed by atoms with Gasteiger partial charge in [-0.25, -0.2) is 14.8 Å². The topological polar surface area (TPSA) is 80.8 Å². The van der Waals surface area contributed by atoms with Crippen LogP contribution < -0.4 is 5.32 Å². The first-order valence-corrected chi connectivity index (χ1v) is 7.01. The maximum absolute atomic E-state index is 11.8.